The summed E-state index contributed by atoms with van der Waals surface area (Å²) in [5.74, 6) is 1.79. The molecule has 1 aliphatic carbocycles. The number of nitrogens with one attached hydrogen (secondary N) is 1. The van der Waals surface area contributed by atoms with Gasteiger partial charge in [0, 0.05) is 10.5 Å². The second-order valence-corrected chi connectivity index (χ2v) is 6.66. The molecule has 1 aliphatic rings. The quantitative estimate of drug-likeness (QED) is 0.869. The van der Waals surface area contributed by atoms with E-state index in [2.05, 4.69) is 59.5 Å². The highest BCUT2D eigenvalue weighted by Gasteiger charge is 2.25. The predicted octanol–water partition coefficient (Wildman–Crippen LogP) is 4.41. The zero-order valence-electron chi connectivity index (χ0n) is 11.5. The average Bonchev–Trinajstić information content (AvgIpc) is 2.37. The monoisotopic (exact) mass is 309 g/mol. The van der Waals surface area contributed by atoms with Gasteiger partial charge in [-0.05, 0) is 55.8 Å². The zero-order valence-corrected chi connectivity index (χ0v) is 13.0. The Morgan fingerprint density at radius 1 is 1.28 bits per heavy atom. The maximum Gasteiger partial charge on any atom is 0.0178 e. The topological polar surface area (TPSA) is 12.0 Å². The maximum atomic E-state index is 3.56. The lowest BCUT2D eigenvalue weighted by Gasteiger charge is -2.32. The molecule has 100 valence electrons. The Hall–Kier alpha value is -0.340. The van der Waals surface area contributed by atoms with Crippen molar-refractivity contribution in [2.45, 2.75) is 45.1 Å². The molecule has 1 aromatic carbocycles. The van der Waals surface area contributed by atoms with E-state index in [1.165, 1.54) is 35.7 Å². The molecule has 1 saturated carbocycles. The standard InChI is InChI=1S/C16H24BrN/c1-12-6-8-14(9-7-12)16(18-2)11-13-4-3-5-15(17)10-13/h3-5,10,12,14,16,18H,6-9,11H2,1-2H3. The maximum absolute atomic E-state index is 3.56. The van der Waals surface area contributed by atoms with Crippen LogP contribution in [0.25, 0.3) is 0 Å². The molecule has 0 bridgehead atoms. The molecular weight excluding hydrogens is 286 g/mol. The molecule has 1 unspecified atom stereocenters. The van der Waals surface area contributed by atoms with Crippen LogP contribution in [-0.4, -0.2) is 13.1 Å². The van der Waals surface area contributed by atoms with Crippen molar-refractivity contribution in [1.82, 2.24) is 5.32 Å². The number of halogens is 1. The second kappa shape index (κ2) is 6.72. The van der Waals surface area contributed by atoms with Crippen LogP contribution in [0.15, 0.2) is 28.7 Å². The zero-order chi connectivity index (χ0) is 13.0. The Morgan fingerprint density at radius 2 is 2.00 bits per heavy atom. The van der Waals surface area contributed by atoms with Crippen LogP contribution >= 0.6 is 15.9 Å². The molecule has 1 aromatic rings. The highest BCUT2D eigenvalue weighted by molar-refractivity contribution is 9.10. The van der Waals surface area contributed by atoms with Gasteiger partial charge in [0.2, 0.25) is 0 Å². The van der Waals surface area contributed by atoms with Crippen LogP contribution in [0.1, 0.15) is 38.2 Å². The van der Waals surface area contributed by atoms with Gasteiger partial charge in [0.05, 0.1) is 0 Å². The van der Waals surface area contributed by atoms with Gasteiger partial charge >= 0.3 is 0 Å². The van der Waals surface area contributed by atoms with Crippen LogP contribution in [0, 0.1) is 11.8 Å². The second-order valence-electron chi connectivity index (χ2n) is 5.75. The van der Waals surface area contributed by atoms with Gasteiger partial charge in [0.25, 0.3) is 0 Å². The summed E-state index contributed by atoms with van der Waals surface area (Å²) in [7, 11) is 2.11. The summed E-state index contributed by atoms with van der Waals surface area (Å²) in [5.41, 5.74) is 1.43. The predicted molar refractivity (Wildman–Crippen MR) is 81.8 cm³/mol. The fourth-order valence-electron chi connectivity index (χ4n) is 3.11. The van der Waals surface area contributed by atoms with Crippen molar-refractivity contribution < 1.29 is 0 Å². The highest BCUT2D eigenvalue weighted by atomic mass is 79.9. The van der Waals surface area contributed by atoms with Crippen molar-refractivity contribution >= 4 is 15.9 Å². The highest BCUT2D eigenvalue weighted by Crippen LogP contribution is 2.31. The first-order chi connectivity index (χ1) is 8.69. The minimum Gasteiger partial charge on any atom is -0.316 e. The average molecular weight is 310 g/mol. The molecule has 0 aromatic heterocycles. The minimum absolute atomic E-state index is 0.631. The lowest BCUT2D eigenvalue weighted by molar-refractivity contribution is 0.235. The lowest BCUT2D eigenvalue weighted by Crippen LogP contribution is -2.37. The van der Waals surface area contributed by atoms with Crippen molar-refractivity contribution in [2.24, 2.45) is 11.8 Å². The van der Waals surface area contributed by atoms with Gasteiger partial charge < -0.3 is 5.32 Å². The Balaban J connectivity index is 1.96. The molecule has 0 aliphatic heterocycles. The molecule has 0 heterocycles. The summed E-state index contributed by atoms with van der Waals surface area (Å²) in [6.07, 6.45) is 6.74. The van der Waals surface area contributed by atoms with Crippen molar-refractivity contribution in [3.63, 3.8) is 0 Å². The van der Waals surface area contributed by atoms with Gasteiger partial charge in [-0.2, -0.15) is 0 Å². The summed E-state index contributed by atoms with van der Waals surface area (Å²) in [6, 6.07) is 9.35. The summed E-state index contributed by atoms with van der Waals surface area (Å²) in [4.78, 5) is 0. The third-order valence-electron chi connectivity index (χ3n) is 4.34. The smallest absolute Gasteiger partial charge is 0.0178 e. The first-order valence-electron chi connectivity index (χ1n) is 7.10. The fourth-order valence-corrected chi connectivity index (χ4v) is 3.56. The normalized spacial score (nSPS) is 25.9. The number of likely N-dealkylation sites (N-methyl/N-ethyl adjacent to an activating group) is 1. The molecule has 2 heteroatoms. The molecule has 0 spiro atoms. The van der Waals surface area contributed by atoms with E-state index in [0.29, 0.717) is 6.04 Å². The Labute approximate surface area is 119 Å². The molecule has 1 atom stereocenters. The Kier molecular flexibility index (Phi) is 5.25. The Bertz CT molecular complexity index is 369. The van der Waals surface area contributed by atoms with Crippen molar-refractivity contribution in [3.8, 4) is 0 Å². The third-order valence-corrected chi connectivity index (χ3v) is 4.84. The molecule has 0 radical (unpaired) electrons. The Morgan fingerprint density at radius 3 is 2.61 bits per heavy atom. The first-order valence-corrected chi connectivity index (χ1v) is 7.90. The fraction of sp³-hybridized carbons (Fsp3) is 0.625. The van der Waals surface area contributed by atoms with Gasteiger partial charge in [-0.1, -0.05) is 47.8 Å². The van der Waals surface area contributed by atoms with Gasteiger partial charge in [-0.25, -0.2) is 0 Å². The number of hydrogen-bond acceptors (Lipinski definition) is 1. The van der Waals surface area contributed by atoms with E-state index in [1.54, 1.807) is 0 Å². The SMILES string of the molecule is CNC(Cc1cccc(Br)c1)C1CCC(C)CC1. The van der Waals surface area contributed by atoms with Gasteiger partial charge in [0.15, 0.2) is 0 Å². The molecule has 1 nitrogen and oxygen atoms in total. The minimum atomic E-state index is 0.631. The number of hydrogen-bond donors (Lipinski definition) is 1. The van der Waals surface area contributed by atoms with E-state index >= 15 is 0 Å². The van der Waals surface area contributed by atoms with E-state index in [-0.39, 0.29) is 0 Å². The van der Waals surface area contributed by atoms with E-state index < -0.39 is 0 Å². The summed E-state index contributed by atoms with van der Waals surface area (Å²) < 4.78 is 1.19. The van der Waals surface area contributed by atoms with Crippen molar-refractivity contribution in [3.05, 3.63) is 34.3 Å². The van der Waals surface area contributed by atoms with E-state index in [4.69, 9.17) is 0 Å². The van der Waals surface area contributed by atoms with Crippen LogP contribution in [0.2, 0.25) is 0 Å². The van der Waals surface area contributed by atoms with E-state index in [1.807, 2.05) is 0 Å². The van der Waals surface area contributed by atoms with Crippen molar-refractivity contribution in [2.75, 3.05) is 7.05 Å². The van der Waals surface area contributed by atoms with Gasteiger partial charge in [-0.15, -0.1) is 0 Å². The molecule has 0 amide bonds. The largest absolute Gasteiger partial charge is 0.316 e. The summed E-state index contributed by atoms with van der Waals surface area (Å²) in [5, 5.41) is 3.54. The van der Waals surface area contributed by atoms with Gasteiger partial charge in [0.1, 0.15) is 0 Å². The molecule has 1 fully saturated rings. The van der Waals surface area contributed by atoms with Crippen LogP contribution < -0.4 is 5.32 Å². The van der Waals surface area contributed by atoms with E-state index in [0.717, 1.165) is 18.3 Å². The molecule has 18 heavy (non-hydrogen) atoms. The third kappa shape index (κ3) is 3.83. The number of rotatable bonds is 4. The van der Waals surface area contributed by atoms with Crippen LogP contribution in [0.5, 0.6) is 0 Å². The van der Waals surface area contributed by atoms with Crippen LogP contribution in [0.4, 0.5) is 0 Å². The molecular formula is C16H24BrN. The summed E-state index contributed by atoms with van der Waals surface area (Å²) in [6.45, 7) is 2.39. The number of benzene rings is 1. The molecule has 1 N–H and O–H groups in total. The molecule has 2 rings (SSSR count). The van der Waals surface area contributed by atoms with Crippen LogP contribution in [-0.2, 0) is 6.42 Å². The van der Waals surface area contributed by atoms with Gasteiger partial charge in [-0.3, -0.25) is 0 Å². The van der Waals surface area contributed by atoms with E-state index in [9.17, 15) is 0 Å². The summed E-state index contributed by atoms with van der Waals surface area (Å²) >= 11 is 3.56. The first kappa shape index (κ1) is 14.1. The lowest BCUT2D eigenvalue weighted by atomic mass is 9.78. The van der Waals surface area contributed by atoms with Crippen molar-refractivity contribution in [1.29, 1.82) is 0 Å². The van der Waals surface area contributed by atoms with Crippen LogP contribution in [0.3, 0.4) is 0 Å². The molecule has 0 saturated heterocycles.